The molecule has 1 heterocycles. The van der Waals surface area contributed by atoms with Crippen molar-refractivity contribution < 1.29 is 0 Å². The Hall–Kier alpha value is -0.410. The molecule has 0 unspecified atom stereocenters. The molecule has 0 spiro atoms. The van der Waals surface area contributed by atoms with Crippen molar-refractivity contribution in [3.05, 3.63) is 16.1 Å². The SMILES string of the molecule is CCC[C@H](N)Cc1csc(C)n1. The van der Waals surface area contributed by atoms with Crippen molar-refractivity contribution in [2.45, 2.75) is 39.2 Å². The number of aromatic nitrogens is 1. The standard InChI is InChI=1S/C9H16N2S/c1-3-4-8(10)5-9-6-12-7(2)11-9/h6,8H,3-5,10H2,1-2H3/t8-/m0/s1. The number of hydrogen-bond acceptors (Lipinski definition) is 3. The Morgan fingerprint density at radius 1 is 1.67 bits per heavy atom. The normalized spacial score (nSPS) is 13.2. The molecule has 0 saturated carbocycles. The van der Waals surface area contributed by atoms with E-state index in [-0.39, 0.29) is 6.04 Å². The fraction of sp³-hybridized carbons (Fsp3) is 0.667. The highest BCUT2D eigenvalue weighted by molar-refractivity contribution is 7.09. The van der Waals surface area contributed by atoms with Gasteiger partial charge in [-0.1, -0.05) is 13.3 Å². The predicted molar refractivity (Wildman–Crippen MR) is 53.4 cm³/mol. The first-order valence-electron chi connectivity index (χ1n) is 4.39. The van der Waals surface area contributed by atoms with Crippen LogP contribution in [0.2, 0.25) is 0 Å². The molecule has 0 amide bonds. The quantitative estimate of drug-likeness (QED) is 0.778. The summed E-state index contributed by atoms with van der Waals surface area (Å²) in [6.45, 7) is 4.19. The molecule has 0 bridgehead atoms. The van der Waals surface area contributed by atoms with E-state index in [0.29, 0.717) is 0 Å². The van der Waals surface area contributed by atoms with Crippen LogP contribution in [-0.2, 0) is 6.42 Å². The van der Waals surface area contributed by atoms with Crippen molar-refractivity contribution in [2.24, 2.45) is 5.73 Å². The fourth-order valence-corrected chi connectivity index (χ4v) is 1.87. The molecule has 1 atom stereocenters. The van der Waals surface area contributed by atoms with E-state index in [1.807, 2.05) is 6.92 Å². The van der Waals surface area contributed by atoms with E-state index in [0.717, 1.165) is 30.0 Å². The smallest absolute Gasteiger partial charge is 0.0897 e. The molecule has 0 radical (unpaired) electrons. The highest BCUT2D eigenvalue weighted by Crippen LogP contribution is 2.10. The van der Waals surface area contributed by atoms with Gasteiger partial charge in [0.25, 0.3) is 0 Å². The van der Waals surface area contributed by atoms with Gasteiger partial charge in [0.05, 0.1) is 10.7 Å². The van der Waals surface area contributed by atoms with E-state index >= 15 is 0 Å². The summed E-state index contributed by atoms with van der Waals surface area (Å²) in [6, 6.07) is 0.288. The Bertz CT molecular complexity index is 232. The van der Waals surface area contributed by atoms with Gasteiger partial charge in [0.1, 0.15) is 0 Å². The lowest BCUT2D eigenvalue weighted by molar-refractivity contribution is 0.594. The summed E-state index contributed by atoms with van der Waals surface area (Å²) in [4.78, 5) is 4.37. The third-order valence-electron chi connectivity index (χ3n) is 1.80. The maximum atomic E-state index is 5.89. The Labute approximate surface area is 77.8 Å². The van der Waals surface area contributed by atoms with E-state index in [4.69, 9.17) is 5.73 Å². The molecule has 2 nitrogen and oxygen atoms in total. The predicted octanol–water partition coefficient (Wildman–Crippen LogP) is 2.12. The molecule has 0 aliphatic carbocycles. The van der Waals surface area contributed by atoms with E-state index < -0.39 is 0 Å². The average molecular weight is 184 g/mol. The van der Waals surface area contributed by atoms with E-state index in [2.05, 4.69) is 17.3 Å². The molecule has 12 heavy (non-hydrogen) atoms. The van der Waals surface area contributed by atoms with Crippen LogP contribution in [0.1, 0.15) is 30.5 Å². The summed E-state index contributed by atoms with van der Waals surface area (Å²) in [5.41, 5.74) is 7.04. The summed E-state index contributed by atoms with van der Waals surface area (Å²) in [5.74, 6) is 0. The summed E-state index contributed by atoms with van der Waals surface area (Å²) in [5, 5.41) is 3.24. The first-order valence-corrected chi connectivity index (χ1v) is 5.27. The summed E-state index contributed by atoms with van der Waals surface area (Å²) in [7, 11) is 0. The lowest BCUT2D eigenvalue weighted by atomic mass is 10.1. The first-order chi connectivity index (χ1) is 5.72. The minimum Gasteiger partial charge on any atom is -0.327 e. The topological polar surface area (TPSA) is 38.9 Å². The zero-order valence-electron chi connectivity index (χ0n) is 7.71. The zero-order chi connectivity index (χ0) is 8.97. The molecule has 1 aromatic rings. The van der Waals surface area contributed by atoms with Crippen LogP contribution in [0.25, 0.3) is 0 Å². The molecule has 1 rings (SSSR count). The van der Waals surface area contributed by atoms with Crippen molar-refractivity contribution in [2.75, 3.05) is 0 Å². The number of aryl methyl sites for hydroxylation is 1. The molecular formula is C9H16N2S. The van der Waals surface area contributed by atoms with Crippen LogP contribution < -0.4 is 5.73 Å². The van der Waals surface area contributed by atoms with E-state index in [1.54, 1.807) is 11.3 Å². The first kappa shape index (κ1) is 9.68. The van der Waals surface area contributed by atoms with Gasteiger partial charge in [0.2, 0.25) is 0 Å². The van der Waals surface area contributed by atoms with Crippen molar-refractivity contribution in [3.8, 4) is 0 Å². The highest BCUT2D eigenvalue weighted by atomic mass is 32.1. The van der Waals surface area contributed by atoms with Crippen molar-refractivity contribution in [1.29, 1.82) is 0 Å². The number of thiazole rings is 1. The van der Waals surface area contributed by atoms with Crippen LogP contribution in [0.4, 0.5) is 0 Å². The molecule has 1 aromatic heterocycles. The third kappa shape index (κ3) is 2.91. The summed E-state index contributed by atoms with van der Waals surface area (Å²) in [6.07, 6.45) is 3.18. The summed E-state index contributed by atoms with van der Waals surface area (Å²) >= 11 is 1.70. The zero-order valence-corrected chi connectivity index (χ0v) is 8.53. The minimum absolute atomic E-state index is 0.288. The monoisotopic (exact) mass is 184 g/mol. The molecule has 3 heteroatoms. The Kier molecular flexibility index (Phi) is 3.69. The molecule has 0 aliphatic heterocycles. The second-order valence-electron chi connectivity index (χ2n) is 3.11. The van der Waals surface area contributed by atoms with Gasteiger partial charge in [0, 0.05) is 17.8 Å². The van der Waals surface area contributed by atoms with Gasteiger partial charge in [-0.05, 0) is 13.3 Å². The van der Waals surface area contributed by atoms with Gasteiger partial charge in [-0.15, -0.1) is 11.3 Å². The van der Waals surface area contributed by atoms with Crippen molar-refractivity contribution >= 4 is 11.3 Å². The average Bonchev–Trinajstić information content (AvgIpc) is 2.36. The number of rotatable bonds is 4. The fourth-order valence-electron chi connectivity index (χ4n) is 1.24. The second kappa shape index (κ2) is 4.58. The maximum Gasteiger partial charge on any atom is 0.0897 e. The van der Waals surface area contributed by atoms with Crippen LogP contribution in [0.5, 0.6) is 0 Å². The molecular weight excluding hydrogens is 168 g/mol. The molecule has 0 fully saturated rings. The highest BCUT2D eigenvalue weighted by Gasteiger charge is 2.04. The minimum atomic E-state index is 0.288. The van der Waals surface area contributed by atoms with Crippen LogP contribution in [0, 0.1) is 6.92 Å². The Morgan fingerprint density at radius 2 is 2.42 bits per heavy atom. The van der Waals surface area contributed by atoms with Crippen LogP contribution in [0.3, 0.4) is 0 Å². The van der Waals surface area contributed by atoms with E-state index in [9.17, 15) is 0 Å². The van der Waals surface area contributed by atoms with Gasteiger partial charge < -0.3 is 5.73 Å². The van der Waals surface area contributed by atoms with Gasteiger partial charge in [-0.2, -0.15) is 0 Å². The largest absolute Gasteiger partial charge is 0.327 e. The third-order valence-corrected chi connectivity index (χ3v) is 2.62. The van der Waals surface area contributed by atoms with Crippen LogP contribution >= 0.6 is 11.3 Å². The summed E-state index contributed by atoms with van der Waals surface area (Å²) < 4.78 is 0. The van der Waals surface area contributed by atoms with E-state index in [1.165, 1.54) is 0 Å². The molecule has 0 aromatic carbocycles. The molecule has 0 saturated heterocycles. The number of nitrogens with zero attached hydrogens (tertiary/aromatic N) is 1. The molecule has 68 valence electrons. The van der Waals surface area contributed by atoms with Crippen molar-refractivity contribution in [3.63, 3.8) is 0 Å². The molecule has 0 aliphatic rings. The number of hydrogen-bond donors (Lipinski definition) is 1. The van der Waals surface area contributed by atoms with Gasteiger partial charge in [-0.3, -0.25) is 0 Å². The van der Waals surface area contributed by atoms with Crippen molar-refractivity contribution in [1.82, 2.24) is 4.98 Å². The van der Waals surface area contributed by atoms with Crippen LogP contribution in [0.15, 0.2) is 5.38 Å². The van der Waals surface area contributed by atoms with Gasteiger partial charge in [0.15, 0.2) is 0 Å². The second-order valence-corrected chi connectivity index (χ2v) is 4.17. The lowest BCUT2D eigenvalue weighted by Crippen LogP contribution is -2.22. The Morgan fingerprint density at radius 3 is 2.92 bits per heavy atom. The lowest BCUT2D eigenvalue weighted by Gasteiger charge is -2.06. The number of nitrogens with two attached hydrogens (primary N) is 1. The van der Waals surface area contributed by atoms with Gasteiger partial charge in [-0.25, -0.2) is 4.98 Å². The Balaban J connectivity index is 2.41. The van der Waals surface area contributed by atoms with Gasteiger partial charge >= 0.3 is 0 Å². The maximum absolute atomic E-state index is 5.89. The molecule has 2 N–H and O–H groups in total. The van der Waals surface area contributed by atoms with Crippen LogP contribution in [-0.4, -0.2) is 11.0 Å².